The van der Waals surface area contributed by atoms with Crippen LogP contribution in [-0.4, -0.2) is 29.5 Å². The largest absolute Gasteiger partial charge is 0.449 e. The van der Waals surface area contributed by atoms with Gasteiger partial charge in [0.2, 0.25) is 0 Å². The second-order valence-corrected chi connectivity index (χ2v) is 7.31. The summed E-state index contributed by atoms with van der Waals surface area (Å²) in [6, 6.07) is 11.3. The number of nitrogens with one attached hydrogen (secondary N) is 1. The van der Waals surface area contributed by atoms with Gasteiger partial charge in [0, 0.05) is 22.8 Å². The van der Waals surface area contributed by atoms with Crippen LogP contribution in [-0.2, 0) is 9.53 Å². The normalized spacial score (nSPS) is 13.1. The van der Waals surface area contributed by atoms with Gasteiger partial charge in [-0.1, -0.05) is 24.3 Å². The molecule has 0 bridgehead atoms. The molecule has 0 aromatic heterocycles. The second-order valence-electron chi connectivity index (χ2n) is 7.31. The van der Waals surface area contributed by atoms with Crippen molar-refractivity contribution in [2.45, 2.75) is 13.0 Å². The Bertz CT molecular complexity index is 1350. The van der Waals surface area contributed by atoms with Gasteiger partial charge in [0.15, 0.2) is 17.7 Å². The van der Waals surface area contributed by atoms with E-state index < -0.39 is 46.9 Å². The molecular weight excluding hydrogens is 434 g/mol. The molecule has 1 unspecified atom stereocenters. The maximum absolute atomic E-state index is 13.7. The summed E-state index contributed by atoms with van der Waals surface area (Å²) in [7, 11) is 0. The van der Waals surface area contributed by atoms with E-state index in [1.54, 1.807) is 12.1 Å². The number of fused-ring (bicyclic) bond motifs is 2. The monoisotopic (exact) mass is 450 g/mol. The van der Waals surface area contributed by atoms with Gasteiger partial charge in [-0.05, 0) is 31.2 Å². The number of nitrogens with two attached hydrogens (primary N) is 1. The zero-order valence-corrected chi connectivity index (χ0v) is 17.1. The summed E-state index contributed by atoms with van der Waals surface area (Å²) in [5.41, 5.74) is 5.51. The summed E-state index contributed by atoms with van der Waals surface area (Å²) in [6.07, 6.45) is -1.41. The number of rotatable bonds is 4. The van der Waals surface area contributed by atoms with Crippen LogP contribution in [0.5, 0.6) is 0 Å². The number of anilines is 2. The SMILES string of the molecule is CC(OC(=O)c1ccc2c(c1N)C(=O)c1ccccc1C2=O)C(=O)Nc1cc(F)ccc1F. The number of esters is 1. The van der Waals surface area contributed by atoms with E-state index in [1.165, 1.54) is 31.2 Å². The fraction of sp³-hybridized carbons (Fsp3) is 0.0833. The molecule has 166 valence electrons. The van der Waals surface area contributed by atoms with Gasteiger partial charge in [-0.15, -0.1) is 0 Å². The highest BCUT2D eigenvalue weighted by Gasteiger charge is 2.33. The molecule has 0 spiro atoms. The first-order valence-electron chi connectivity index (χ1n) is 9.77. The van der Waals surface area contributed by atoms with Gasteiger partial charge in [-0.3, -0.25) is 14.4 Å². The van der Waals surface area contributed by atoms with Gasteiger partial charge in [-0.2, -0.15) is 0 Å². The molecule has 3 aromatic carbocycles. The predicted molar refractivity (Wildman–Crippen MR) is 114 cm³/mol. The van der Waals surface area contributed by atoms with Crippen molar-refractivity contribution in [3.63, 3.8) is 0 Å². The zero-order valence-electron chi connectivity index (χ0n) is 17.1. The first kappa shape index (κ1) is 21.8. The summed E-state index contributed by atoms with van der Waals surface area (Å²) < 4.78 is 32.1. The van der Waals surface area contributed by atoms with Gasteiger partial charge >= 0.3 is 5.97 Å². The highest BCUT2D eigenvalue weighted by Crippen LogP contribution is 2.33. The molecule has 0 fully saturated rings. The van der Waals surface area contributed by atoms with Crippen molar-refractivity contribution < 1.29 is 32.7 Å². The van der Waals surface area contributed by atoms with E-state index in [4.69, 9.17) is 10.5 Å². The Morgan fingerprint density at radius 3 is 2.30 bits per heavy atom. The van der Waals surface area contributed by atoms with E-state index in [0.29, 0.717) is 0 Å². The smallest absolute Gasteiger partial charge is 0.341 e. The van der Waals surface area contributed by atoms with E-state index in [-0.39, 0.29) is 33.5 Å². The highest BCUT2D eigenvalue weighted by molar-refractivity contribution is 6.30. The van der Waals surface area contributed by atoms with Crippen molar-refractivity contribution in [1.29, 1.82) is 0 Å². The maximum Gasteiger partial charge on any atom is 0.341 e. The van der Waals surface area contributed by atoms with Gasteiger partial charge in [0.25, 0.3) is 5.91 Å². The average Bonchev–Trinajstić information content (AvgIpc) is 2.79. The summed E-state index contributed by atoms with van der Waals surface area (Å²) >= 11 is 0. The fourth-order valence-electron chi connectivity index (χ4n) is 3.50. The summed E-state index contributed by atoms with van der Waals surface area (Å²) in [5.74, 6) is -4.50. The Kier molecular flexibility index (Phi) is 5.47. The van der Waals surface area contributed by atoms with Crippen molar-refractivity contribution in [3.05, 3.63) is 94.0 Å². The quantitative estimate of drug-likeness (QED) is 0.363. The molecular formula is C24H16F2N2O5. The van der Waals surface area contributed by atoms with Gasteiger partial charge < -0.3 is 15.8 Å². The topological polar surface area (TPSA) is 116 Å². The summed E-state index contributed by atoms with van der Waals surface area (Å²) in [4.78, 5) is 50.6. The van der Waals surface area contributed by atoms with Crippen molar-refractivity contribution in [3.8, 4) is 0 Å². The third-order valence-corrected chi connectivity index (χ3v) is 5.19. The number of halogens is 2. The van der Waals surface area contributed by atoms with Crippen LogP contribution < -0.4 is 11.1 Å². The first-order valence-corrected chi connectivity index (χ1v) is 9.77. The number of carbonyl (C=O) groups is 4. The third kappa shape index (κ3) is 3.84. The van der Waals surface area contributed by atoms with Crippen molar-refractivity contribution >= 4 is 34.8 Å². The molecule has 4 rings (SSSR count). The van der Waals surface area contributed by atoms with E-state index in [9.17, 15) is 28.0 Å². The molecule has 0 radical (unpaired) electrons. The Labute approximate surface area is 186 Å². The number of ketones is 2. The van der Waals surface area contributed by atoms with Crippen LogP contribution in [0.15, 0.2) is 54.6 Å². The lowest BCUT2D eigenvalue weighted by Gasteiger charge is -2.20. The highest BCUT2D eigenvalue weighted by atomic mass is 19.1. The minimum atomic E-state index is -1.41. The number of hydrogen-bond acceptors (Lipinski definition) is 6. The van der Waals surface area contributed by atoms with Crippen LogP contribution in [0.1, 0.15) is 49.1 Å². The van der Waals surface area contributed by atoms with Crippen molar-refractivity contribution in [1.82, 2.24) is 0 Å². The summed E-state index contributed by atoms with van der Waals surface area (Å²) in [6.45, 7) is 1.23. The van der Waals surface area contributed by atoms with E-state index in [2.05, 4.69) is 5.32 Å². The average molecular weight is 450 g/mol. The number of nitrogen functional groups attached to an aromatic ring is 1. The molecule has 0 saturated carbocycles. The van der Waals surface area contributed by atoms with Crippen LogP contribution in [0.25, 0.3) is 0 Å². The molecule has 1 amide bonds. The fourth-order valence-corrected chi connectivity index (χ4v) is 3.50. The van der Waals surface area contributed by atoms with Gasteiger partial charge in [0.05, 0.1) is 22.5 Å². The molecule has 9 heteroatoms. The molecule has 33 heavy (non-hydrogen) atoms. The number of ether oxygens (including phenoxy) is 1. The lowest BCUT2D eigenvalue weighted by atomic mass is 9.82. The molecule has 1 aliphatic rings. The van der Waals surface area contributed by atoms with E-state index in [1.807, 2.05) is 0 Å². The number of hydrogen-bond donors (Lipinski definition) is 2. The minimum Gasteiger partial charge on any atom is -0.449 e. The van der Waals surface area contributed by atoms with Crippen LogP contribution >= 0.6 is 0 Å². The lowest BCUT2D eigenvalue weighted by molar-refractivity contribution is -0.123. The summed E-state index contributed by atoms with van der Waals surface area (Å²) in [5, 5.41) is 2.13. The Morgan fingerprint density at radius 2 is 1.61 bits per heavy atom. The van der Waals surface area contributed by atoms with Crippen LogP contribution in [0.2, 0.25) is 0 Å². The third-order valence-electron chi connectivity index (χ3n) is 5.19. The van der Waals surface area contributed by atoms with Crippen LogP contribution in [0, 0.1) is 11.6 Å². The molecule has 1 aliphatic carbocycles. The van der Waals surface area contributed by atoms with E-state index >= 15 is 0 Å². The standard InChI is InChI=1S/C24H16F2N2O5/c1-11(23(31)28-18-10-12(25)6-9-17(18)26)33-24(32)16-8-7-15-19(20(16)27)22(30)14-5-3-2-4-13(14)21(15)29/h2-11H,27H2,1H3,(H,28,31). The van der Waals surface area contributed by atoms with Crippen molar-refractivity contribution in [2.75, 3.05) is 11.1 Å². The van der Waals surface area contributed by atoms with Gasteiger partial charge in [-0.25, -0.2) is 13.6 Å². The molecule has 0 aliphatic heterocycles. The predicted octanol–water partition coefficient (Wildman–Crippen LogP) is 3.51. The van der Waals surface area contributed by atoms with E-state index in [0.717, 1.165) is 18.2 Å². The number of carbonyl (C=O) groups excluding carboxylic acids is 4. The van der Waals surface area contributed by atoms with Crippen molar-refractivity contribution in [2.24, 2.45) is 0 Å². The maximum atomic E-state index is 13.7. The zero-order chi connectivity index (χ0) is 23.9. The Balaban J connectivity index is 1.57. The number of benzene rings is 3. The number of amides is 1. The first-order chi connectivity index (χ1) is 15.7. The Hall–Kier alpha value is -4.40. The molecule has 7 nitrogen and oxygen atoms in total. The molecule has 0 saturated heterocycles. The molecule has 3 aromatic rings. The minimum absolute atomic E-state index is 0.0557. The van der Waals surface area contributed by atoms with Crippen LogP contribution in [0.3, 0.4) is 0 Å². The Morgan fingerprint density at radius 1 is 0.939 bits per heavy atom. The van der Waals surface area contributed by atoms with Crippen LogP contribution in [0.4, 0.5) is 20.2 Å². The molecule has 3 N–H and O–H groups in total. The lowest BCUT2D eigenvalue weighted by Crippen LogP contribution is -2.31. The molecule has 0 heterocycles. The molecule has 1 atom stereocenters. The second kappa shape index (κ2) is 8.27. The van der Waals surface area contributed by atoms with Gasteiger partial charge in [0.1, 0.15) is 11.6 Å².